The summed E-state index contributed by atoms with van der Waals surface area (Å²) < 4.78 is 1.56. The van der Waals surface area contributed by atoms with Gasteiger partial charge in [0.2, 0.25) is 0 Å². The summed E-state index contributed by atoms with van der Waals surface area (Å²) in [5, 5.41) is 0. The predicted octanol–water partition coefficient (Wildman–Crippen LogP) is 1.01. The Morgan fingerprint density at radius 2 is 2.00 bits per heavy atom. The predicted molar refractivity (Wildman–Crippen MR) is 44.7 cm³/mol. The first kappa shape index (κ1) is 8.11. The molecule has 3 nitrogen and oxygen atoms in total. The van der Waals surface area contributed by atoms with E-state index in [4.69, 9.17) is 0 Å². The van der Waals surface area contributed by atoms with Gasteiger partial charge in [-0.25, -0.2) is 4.79 Å². The van der Waals surface area contributed by atoms with E-state index in [1.165, 1.54) is 0 Å². The number of nitrogens with one attached hydrogen (secondary N) is 1. The van der Waals surface area contributed by atoms with E-state index in [9.17, 15) is 4.79 Å². The number of hydrogen-bond donors (Lipinski definition) is 1. The molecule has 1 aromatic rings. The molecule has 11 heavy (non-hydrogen) atoms. The highest BCUT2D eigenvalue weighted by molar-refractivity contribution is 5.08. The molecule has 3 heteroatoms. The zero-order valence-corrected chi connectivity index (χ0v) is 7.43. The number of H-pyrrole nitrogens is 1. The normalized spacial score (nSPS) is 12.0. The molecule has 0 bridgehead atoms. The molecule has 0 aliphatic carbocycles. The number of aryl methyl sites for hydroxylation is 1. The molecule has 0 aliphatic heterocycles. The fourth-order valence-electron chi connectivity index (χ4n) is 0.869. The number of aromatic amines is 1. The molecule has 0 saturated carbocycles. The molecule has 1 rings (SSSR count). The molecule has 62 valence electrons. The summed E-state index contributed by atoms with van der Waals surface area (Å²) in [5.74, 6) is 0. The van der Waals surface area contributed by atoms with E-state index in [1.54, 1.807) is 11.6 Å². The fourth-order valence-corrected chi connectivity index (χ4v) is 0.869. The van der Waals surface area contributed by atoms with E-state index in [1.807, 2.05) is 6.20 Å². The Bertz CT molecular complexity index is 301. The van der Waals surface area contributed by atoms with Crippen molar-refractivity contribution in [3.05, 3.63) is 22.4 Å². The molecule has 0 aliphatic rings. The third-order valence-corrected chi connectivity index (χ3v) is 1.69. The average Bonchev–Trinajstić information content (AvgIpc) is 2.11. The summed E-state index contributed by atoms with van der Waals surface area (Å²) in [6.45, 7) is 6.20. The van der Waals surface area contributed by atoms with Crippen molar-refractivity contribution in [1.82, 2.24) is 9.55 Å². The monoisotopic (exact) mass is 154 g/mol. The fraction of sp³-hybridized carbons (Fsp3) is 0.625. The van der Waals surface area contributed by atoms with Crippen molar-refractivity contribution >= 4 is 0 Å². The molecule has 1 heterocycles. The number of aromatic nitrogens is 2. The first-order chi connectivity index (χ1) is 4.91. The molecule has 1 N–H and O–H groups in total. The molecule has 0 radical (unpaired) electrons. The minimum absolute atomic E-state index is 0.0282. The van der Waals surface area contributed by atoms with E-state index in [2.05, 4.69) is 25.8 Å². The molecular weight excluding hydrogens is 140 g/mol. The van der Waals surface area contributed by atoms with Gasteiger partial charge >= 0.3 is 5.69 Å². The minimum atomic E-state index is -0.0464. The first-order valence-electron chi connectivity index (χ1n) is 3.67. The van der Waals surface area contributed by atoms with Gasteiger partial charge < -0.3 is 9.55 Å². The van der Waals surface area contributed by atoms with E-state index in [0.717, 1.165) is 5.69 Å². The maximum absolute atomic E-state index is 11.0. The molecule has 0 saturated heterocycles. The van der Waals surface area contributed by atoms with Gasteiger partial charge in [-0.2, -0.15) is 0 Å². The summed E-state index contributed by atoms with van der Waals surface area (Å²) in [7, 11) is 1.74. The molecule has 0 aromatic carbocycles. The second-order valence-electron chi connectivity index (χ2n) is 3.83. The maximum atomic E-state index is 11.0. The molecule has 0 atom stereocenters. The Hall–Kier alpha value is -0.990. The third kappa shape index (κ3) is 1.53. The smallest absolute Gasteiger partial charge is 0.309 e. The zero-order chi connectivity index (χ0) is 8.65. The molecule has 0 amide bonds. The lowest BCUT2D eigenvalue weighted by atomic mass is 9.93. The largest absolute Gasteiger partial charge is 0.325 e. The van der Waals surface area contributed by atoms with Crippen molar-refractivity contribution in [2.75, 3.05) is 0 Å². The third-order valence-electron chi connectivity index (χ3n) is 1.69. The Balaban J connectivity index is 3.18. The van der Waals surface area contributed by atoms with Gasteiger partial charge in [-0.15, -0.1) is 0 Å². The second-order valence-corrected chi connectivity index (χ2v) is 3.83. The van der Waals surface area contributed by atoms with Crippen LogP contribution in [0.1, 0.15) is 26.5 Å². The number of hydrogen-bond acceptors (Lipinski definition) is 1. The quantitative estimate of drug-likeness (QED) is 0.595. The molecule has 0 fully saturated rings. The summed E-state index contributed by atoms with van der Waals surface area (Å²) in [6, 6.07) is 0. The zero-order valence-electron chi connectivity index (χ0n) is 7.43. The van der Waals surface area contributed by atoms with Crippen molar-refractivity contribution in [3.8, 4) is 0 Å². The van der Waals surface area contributed by atoms with Crippen LogP contribution in [0.3, 0.4) is 0 Å². The summed E-state index contributed by atoms with van der Waals surface area (Å²) in [4.78, 5) is 13.8. The van der Waals surface area contributed by atoms with Crippen LogP contribution in [0.5, 0.6) is 0 Å². The van der Waals surface area contributed by atoms with Crippen LogP contribution in [0.15, 0.2) is 11.0 Å². The van der Waals surface area contributed by atoms with Gasteiger partial charge in [0.05, 0.1) is 0 Å². The van der Waals surface area contributed by atoms with E-state index in [-0.39, 0.29) is 11.1 Å². The van der Waals surface area contributed by atoms with Gasteiger partial charge in [-0.1, -0.05) is 20.8 Å². The Morgan fingerprint density at radius 3 is 2.18 bits per heavy atom. The van der Waals surface area contributed by atoms with Gasteiger partial charge in [0.1, 0.15) is 0 Å². The van der Waals surface area contributed by atoms with E-state index < -0.39 is 0 Å². The van der Waals surface area contributed by atoms with Crippen LogP contribution in [0, 0.1) is 0 Å². The summed E-state index contributed by atoms with van der Waals surface area (Å²) in [6.07, 6.45) is 1.84. The van der Waals surface area contributed by atoms with Crippen LogP contribution in [-0.2, 0) is 12.5 Å². The van der Waals surface area contributed by atoms with Gasteiger partial charge in [-0.05, 0) is 0 Å². The van der Waals surface area contributed by atoms with Crippen LogP contribution < -0.4 is 5.69 Å². The van der Waals surface area contributed by atoms with Gasteiger partial charge in [0, 0.05) is 24.4 Å². The van der Waals surface area contributed by atoms with Crippen molar-refractivity contribution in [2.45, 2.75) is 26.2 Å². The number of nitrogens with zero attached hydrogens (tertiary/aromatic N) is 1. The highest BCUT2D eigenvalue weighted by Gasteiger charge is 2.15. The van der Waals surface area contributed by atoms with Crippen LogP contribution in [0.4, 0.5) is 0 Å². The lowest BCUT2D eigenvalue weighted by molar-refractivity contribution is 0.571. The number of imidazole rings is 1. The van der Waals surface area contributed by atoms with Gasteiger partial charge in [0.15, 0.2) is 0 Å². The summed E-state index contributed by atoms with van der Waals surface area (Å²) in [5.41, 5.74) is 0.959. The number of rotatable bonds is 0. The SMILES string of the molecule is Cn1cc(C(C)(C)C)[nH]c1=O. The van der Waals surface area contributed by atoms with Crippen molar-refractivity contribution in [3.63, 3.8) is 0 Å². The van der Waals surface area contributed by atoms with Crippen molar-refractivity contribution in [1.29, 1.82) is 0 Å². The van der Waals surface area contributed by atoms with Crippen LogP contribution in [-0.4, -0.2) is 9.55 Å². The molecular formula is C8H14N2O. The highest BCUT2D eigenvalue weighted by atomic mass is 16.1. The van der Waals surface area contributed by atoms with Crippen LogP contribution in [0.25, 0.3) is 0 Å². The standard InChI is InChI=1S/C8H14N2O/c1-8(2,3)6-5-10(4)7(11)9-6/h5H,1-4H3,(H,9,11). The Morgan fingerprint density at radius 1 is 1.45 bits per heavy atom. The summed E-state index contributed by atoms with van der Waals surface area (Å²) >= 11 is 0. The van der Waals surface area contributed by atoms with E-state index >= 15 is 0 Å². The van der Waals surface area contributed by atoms with Crippen LogP contribution in [0.2, 0.25) is 0 Å². The minimum Gasteiger partial charge on any atom is -0.309 e. The van der Waals surface area contributed by atoms with Crippen LogP contribution >= 0.6 is 0 Å². The molecule has 1 aromatic heterocycles. The highest BCUT2D eigenvalue weighted by Crippen LogP contribution is 2.17. The van der Waals surface area contributed by atoms with Crippen molar-refractivity contribution in [2.24, 2.45) is 7.05 Å². The van der Waals surface area contributed by atoms with Gasteiger partial charge in [-0.3, -0.25) is 0 Å². The first-order valence-corrected chi connectivity index (χ1v) is 3.67. The lowest BCUT2D eigenvalue weighted by Gasteiger charge is -2.14. The topological polar surface area (TPSA) is 37.8 Å². The van der Waals surface area contributed by atoms with Gasteiger partial charge in [0.25, 0.3) is 0 Å². The van der Waals surface area contributed by atoms with Crippen molar-refractivity contribution < 1.29 is 0 Å². The molecule has 0 spiro atoms. The lowest BCUT2D eigenvalue weighted by Crippen LogP contribution is -2.14. The Kier molecular flexibility index (Phi) is 1.66. The van der Waals surface area contributed by atoms with E-state index in [0.29, 0.717) is 0 Å². The molecule has 0 unspecified atom stereocenters. The maximum Gasteiger partial charge on any atom is 0.325 e. The Labute approximate surface area is 66.1 Å². The average molecular weight is 154 g/mol. The second kappa shape index (κ2) is 2.26.